The zero-order valence-corrected chi connectivity index (χ0v) is 14.0. The summed E-state index contributed by atoms with van der Waals surface area (Å²) in [6.07, 6.45) is 5.72. The molecule has 2 aromatic heterocycles. The van der Waals surface area contributed by atoms with Crippen LogP contribution < -0.4 is 4.90 Å². The lowest BCUT2D eigenvalue weighted by molar-refractivity contribution is 0.250. The average Bonchev–Trinajstić information content (AvgIpc) is 2.63. The van der Waals surface area contributed by atoms with Crippen molar-refractivity contribution < 1.29 is 0 Å². The van der Waals surface area contributed by atoms with E-state index in [-0.39, 0.29) is 0 Å². The molecule has 1 fully saturated rings. The Bertz CT molecular complexity index is 823. The van der Waals surface area contributed by atoms with Gasteiger partial charge in [-0.3, -0.25) is 14.9 Å². The van der Waals surface area contributed by atoms with Crippen LogP contribution in [0.3, 0.4) is 0 Å². The molecule has 0 spiro atoms. The second kappa shape index (κ2) is 6.57. The second-order valence-corrected chi connectivity index (χ2v) is 6.48. The van der Waals surface area contributed by atoms with Crippen molar-refractivity contribution in [3.8, 4) is 0 Å². The number of piperazine rings is 1. The maximum absolute atomic E-state index is 4.50. The van der Waals surface area contributed by atoms with E-state index in [4.69, 9.17) is 0 Å². The van der Waals surface area contributed by atoms with Gasteiger partial charge >= 0.3 is 0 Å². The number of aryl methyl sites for hydroxylation is 1. The van der Waals surface area contributed by atoms with Gasteiger partial charge in [0.05, 0.1) is 5.52 Å². The second-order valence-electron chi connectivity index (χ2n) is 6.48. The number of nitrogens with zero attached hydrogens (tertiary/aromatic N) is 4. The van der Waals surface area contributed by atoms with E-state index in [0.29, 0.717) is 0 Å². The first-order valence-corrected chi connectivity index (χ1v) is 8.51. The van der Waals surface area contributed by atoms with Crippen molar-refractivity contribution >= 4 is 16.6 Å². The zero-order valence-electron chi connectivity index (χ0n) is 14.0. The zero-order chi connectivity index (χ0) is 16.4. The highest BCUT2D eigenvalue weighted by atomic mass is 15.3. The predicted octanol–water partition coefficient (Wildman–Crippen LogP) is 3.26. The third-order valence-corrected chi connectivity index (χ3v) is 4.72. The van der Waals surface area contributed by atoms with Crippen LogP contribution in [-0.2, 0) is 6.54 Å². The molecule has 3 heterocycles. The first kappa shape index (κ1) is 15.1. The van der Waals surface area contributed by atoms with E-state index in [1.165, 1.54) is 22.2 Å². The summed E-state index contributed by atoms with van der Waals surface area (Å²) >= 11 is 0. The number of hydrogen-bond donors (Lipinski definition) is 0. The van der Waals surface area contributed by atoms with Crippen LogP contribution in [0.4, 0.5) is 5.69 Å². The molecule has 122 valence electrons. The fourth-order valence-electron chi connectivity index (χ4n) is 3.42. The van der Waals surface area contributed by atoms with Crippen LogP contribution in [0.25, 0.3) is 10.9 Å². The number of anilines is 1. The van der Waals surface area contributed by atoms with Crippen LogP contribution in [0.2, 0.25) is 0 Å². The number of rotatable bonds is 3. The summed E-state index contributed by atoms with van der Waals surface area (Å²) in [6, 6.07) is 12.8. The minimum absolute atomic E-state index is 0.984. The lowest BCUT2D eigenvalue weighted by atomic mass is 10.1. The molecule has 1 aromatic carbocycles. The maximum Gasteiger partial charge on any atom is 0.0722 e. The van der Waals surface area contributed by atoms with Gasteiger partial charge in [0.15, 0.2) is 0 Å². The SMILES string of the molecule is Cc1ccc2nccc(N3CCN(Cc4cccnc4)CC3)c2c1. The molecule has 24 heavy (non-hydrogen) atoms. The van der Waals surface area contributed by atoms with Gasteiger partial charge in [-0.15, -0.1) is 0 Å². The quantitative estimate of drug-likeness (QED) is 0.742. The molecule has 4 nitrogen and oxygen atoms in total. The maximum atomic E-state index is 4.50. The Labute approximate surface area is 142 Å². The topological polar surface area (TPSA) is 32.3 Å². The highest BCUT2D eigenvalue weighted by Gasteiger charge is 2.19. The normalized spacial score (nSPS) is 15.8. The summed E-state index contributed by atoms with van der Waals surface area (Å²) in [4.78, 5) is 13.7. The lowest BCUT2D eigenvalue weighted by Crippen LogP contribution is -2.46. The summed E-state index contributed by atoms with van der Waals surface area (Å²) < 4.78 is 0. The average molecular weight is 318 g/mol. The number of pyridine rings is 2. The standard InChI is InChI=1S/C20H22N4/c1-16-4-5-19-18(13-16)20(6-8-22-19)24-11-9-23(10-12-24)15-17-3-2-7-21-14-17/h2-8,13-14H,9-12,15H2,1H3. The summed E-state index contributed by atoms with van der Waals surface area (Å²) in [5.74, 6) is 0. The highest BCUT2D eigenvalue weighted by Crippen LogP contribution is 2.27. The van der Waals surface area contributed by atoms with Gasteiger partial charge in [0, 0.05) is 62.4 Å². The summed E-state index contributed by atoms with van der Waals surface area (Å²) in [5, 5.41) is 1.26. The number of aromatic nitrogens is 2. The Balaban J connectivity index is 1.49. The molecule has 1 aliphatic rings. The van der Waals surface area contributed by atoms with Crippen LogP contribution in [0.1, 0.15) is 11.1 Å². The van der Waals surface area contributed by atoms with Gasteiger partial charge in [-0.25, -0.2) is 0 Å². The van der Waals surface area contributed by atoms with Crippen molar-refractivity contribution in [1.82, 2.24) is 14.9 Å². The number of hydrogen-bond acceptors (Lipinski definition) is 4. The van der Waals surface area contributed by atoms with E-state index in [1.54, 1.807) is 0 Å². The fraction of sp³-hybridized carbons (Fsp3) is 0.300. The van der Waals surface area contributed by atoms with E-state index < -0.39 is 0 Å². The van der Waals surface area contributed by atoms with E-state index >= 15 is 0 Å². The summed E-state index contributed by atoms with van der Waals surface area (Å²) in [5.41, 5.74) is 4.96. The molecule has 0 saturated carbocycles. The van der Waals surface area contributed by atoms with Gasteiger partial charge in [0.1, 0.15) is 0 Å². The van der Waals surface area contributed by atoms with Gasteiger partial charge in [0.2, 0.25) is 0 Å². The minimum Gasteiger partial charge on any atom is -0.368 e. The van der Waals surface area contributed by atoms with Gasteiger partial charge in [-0.05, 0) is 36.8 Å². The largest absolute Gasteiger partial charge is 0.368 e. The van der Waals surface area contributed by atoms with E-state index in [2.05, 4.69) is 57.0 Å². The van der Waals surface area contributed by atoms with Crippen molar-refractivity contribution in [1.29, 1.82) is 0 Å². The van der Waals surface area contributed by atoms with E-state index in [0.717, 1.165) is 38.2 Å². The molecule has 0 atom stereocenters. The minimum atomic E-state index is 0.984. The van der Waals surface area contributed by atoms with Gasteiger partial charge in [-0.2, -0.15) is 0 Å². The Morgan fingerprint density at radius 3 is 2.67 bits per heavy atom. The van der Waals surface area contributed by atoms with Crippen molar-refractivity contribution in [3.05, 3.63) is 66.1 Å². The molecule has 0 aliphatic carbocycles. The fourth-order valence-corrected chi connectivity index (χ4v) is 3.42. The molecular weight excluding hydrogens is 296 g/mol. The summed E-state index contributed by atoms with van der Waals surface area (Å²) in [7, 11) is 0. The molecule has 3 aromatic rings. The van der Waals surface area contributed by atoms with Crippen LogP contribution >= 0.6 is 0 Å². The molecule has 0 bridgehead atoms. The Morgan fingerprint density at radius 2 is 1.88 bits per heavy atom. The van der Waals surface area contributed by atoms with Crippen LogP contribution in [0.15, 0.2) is 55.0 Å². The summed E-state index contributed by atoms with van der Waals surface area (Å²) in [6.45, 7) is 7.37. The molecule has 0 radical (unpaired) electrons. The first-order chi connectivity index (χ1) is 11.8. The Morgan fingerprint density at radius 1 is 1.00 bits per heavy atom. The van der Waals surface area contributed by atoms with Crippen molar-refractivity contribution in [2.45, 2.75) is 13.5 Å². The molecule has 1 aliphatic heterocycles. The first-order valence-electron chi connectivity index (χ1n) is 8.51. The predicted molar refractivity (Wildman–Crippen MR) is 98.2 cm³/mol. The number of benzene rings is 1. The van der Waals surface area contributed by atoms with Gasteiger partial charge in [0.25, 0.3) is 0 Å². The molecule has 0 amide bonds. The van der Waals surface area contributed by atoms with Crippen LogP contribution in [-0.4, -0.2) is 41.0 Å². The third kappa shape index (κ3) is 3.10. The molecule has 4 heteroatoms. The van der Waals surface area contributed by atoms with Crippen LogP contribution in [0.5, 0.6) is 0 Å². The monoisotopic (exact) mass is 318 g/mol. The molecule has 0 unspecified atom stereocenters. The molecule has 1 saturated heterocycles. The third-order valence-electron chi connectivity index (χ3n) is 4.72. The highest BCUT2D eigenvalue weighted by molar-refractivity contribution is 5.92. The van der Waals surface area contributed by atoms with Crippen molar-refractivity contribution in [2.75, 3.05) is 31.1 Å². The molecule has 4 rings (SSSR count). The Kier molecular flexibility index (Phi) is 4.13. The van der Waals surface area contributed by atoms with Gasteiger partial charge < -0.3 is 4.90 Å². The molecule has 0 N–H and O–H groups in total. The van der Waals surface area contributed by atoms with Crippen molar-refractivity contribution in [3.63, 3.8) is 0 Å². The number of fused-ring (bicyclic) bond motifs is 1. The van der Waals surface area contributed by atoms with E-state index in [9.17, 15) is 0 Å². The molecular formula is C20H22N4. The van der Waals surface area contributed by atoms with E-state index in [1.807, 2.05) is 24.7 Å². The Hall–Kier alpha value is -2.46. The van der Waals surface area contributed by atoms with Crippen LogP contribution in [0, 0.1) is 6.92 Å². The van der Waals surface area contributed by atoms with Gasteiger partial charge in [-0.1, -0.05) is 17.7 Å². The lowest BCUT2D eigenvalue weighted by Gasteiger charge is -2.36. The van der Waals surface area contributed by atoms with Crippen molar-refractivity contribution in [2.24, 2.45) is 0 Å². The smallest absolute Gasteiger partial charge is 0.0722 e.